The summed E-state index contributed by atoms with van der Waals surface area (Å²) in [6.07, 6.45) is 0.435. The molecule has 0 aliphatic carbocycles. The summed E-state index contributed by atoms with van der Waals surface area (Å²) in [5.41, 5.74) is 0.959. The van der Waals surface area contributed by atoms with Gasteiger partial charge in [-0.25, -0.2) is 9.55 Å². The van der Waals surface area contributed by atoms with Crippen molar-refractivity contribution >= 4 is 19.2 Å². The Kier molecular flexibility index (Phi) is 3.80. The first-order valence-electron chi connectivity index (χ1n) is 4.01. The number of thiazole rings is 1. The molecule has 0 bridgehead atoms. The second-order valence-electron chi connectivity index (χ2n) is 2.82. The van der Waals surface area contributed by atoms with E-state index >= 15 is 0 Å². The summed E-state index contributed by atoms with van der Waals surface area (Å²) in [6.45, 7) is 3.86. The average molecular weight is 237 g/mol. The van der Waals surface area contributed by atoms with Crippen LogP contribution in [-0.4, -0.2) is 21.4 Å². The molecule has 0 spiro atoms. The van der Waals surface area contributed by atoms with Crippen LogP contribution in [0.25, 0.3) is 0 Å². The summed E-state index contributed by atoms with van der Waals surface area (Å²) >= 11 is 1.52. The third-order valence-electron chi connectivity index (χ3n) is 1.65. The Hall–Kier alpha value is -0.260. The van der Waals surface area contributed by atoms with Crippen LogP contribution >= 0.6 is 19.2 Å². The third-order valence-corrected chi connectivity index (χ3v) is 3.30. The SMILES string of the molecule is Cc1nc(CCOP(=O)(O)O)sc1C. The maximum Gasteiger partial charge on any atom is 0.469 e. The van der Waals surface area contributed by atoms with Crippen molar-refractivity contribution in [3.05, 3.63) is 15.6 Å². The normalized spacial score (nSPS) is 12.0. The van der Waals surface area contributed by atoms with E-state index in [0.29, 0.717) is 6.42 Å². The number of rotatable bonds is 4. The molecular weight excluding hydrogens is 225 g/mol. The summed E-state index contributed by atoms with van der Waals surface area (Å²) in [5.74, 6) is 0. The maximum atomic E-state index is 10.3. The van der Waals surface area contributed by atoms with E-state index in [0.717, 1.165) is 15.6 Å². The zero-order valence-electron chi connectivity index (χ0n) is 7.93. The van der Waals surface area contributed by atoms with Crippen molar-refractivity contribution in [2.75, 3.05) is 6.61 Å². The van der Waals surface area contributed by atoms with Crippen molar-refractivity contribution in [2.24, 2.45) is 0 Å². The van der Waals surface area contributed by atoms with Gasteiger partial charge in [0.1, 0.15) is 0 Å². The minimum atomic E-state index is -4.33. The zero-order valence-corrected chi connectivity index (χ0v) is 9.64. The van der Waals surface area contributed by atoms with Gasteiger partial charge in [0.15, 0.2) is 0 Å². The van der Waals surface area contributed by atoms with Crippen LogP contribution < -0.4 is 0 Å². The second kappa shape index (κ2) is 4.51. The Balaban J connectivity index is 2.43. The minimum Gasteiger partial charge on any atom is -0.303 e. The molecule has 0 aromatic carbocycles. The lowest BCUT2D eigenvalue weighted by atomic mass is 10.4. The molecule has 7 heteroatoms. The Morgan fingerprint density at radius 3 is 2.57 bits per heavy atom. The Bertz CT molecular complexity index is 339. The van der Waals surface area contributed by atoms with Crippen LogP contribution in [0.4, 0.5) is 0 Å². The van der Waals surface area contributed by atoms with E-state index in [1.54, 1.807) is 0 Å². The molecule has 1 rings (SSSR count). The predicted molar refractivity (Wildman–Crippen MR) is 53.3 cm³/mol. The fourth-order valence-corrected chi connectivity index (χ4v) is 2.14. The number of nitrogens with zero attached hydrogens (tertiary/aromatic N) is 1. The van der Waals surface area contributed by atoms with Crippen molar-refractivity contribution in [3.63, 3.8) is 0 Å². The molecule has 0 radical (unpaired) electrons. The van der Waals surface area contributed by atoms with Crippen LogP contribution in [0.15, 0.2) is 0 Å². The highest BCUT2D eigenvalue weighted by molar-refractivity contribution is 7.46. The lowest BCUT2D eigenvalue weighted by molar-refractivity contribution is 0.199. The van der Waals surface area contributed by atoms with E-state index < -0.39 is 7.82 Å². The Morgan fingerprint density at radius 1 is 1.50 bits per heavy atom. The molecule has 5 nitrogen and oxygen atoms in total. The number of phosphoric ester groups is 1. The second-order valence-corrected chi connectivity index (χ2v) is 5.35. The van der Waals surface area contributed by atoms with Gasteiger partial charge in [-0.2, -0.15) is 0 Å². The summed E-state index contributed by atoms with van der Waals surface area (Å²) < 4.78 is 14.7. The van der Waals surface area contributed by atoms with Gasteiger partial charge in [-0.1, -0.05) is 0 Å². The van der Waals surface area contributed by atoms with E-state index in [1.807, 2.05) is 13.8 Å². The van der Waals surface area contributed by atoms with Crippen LogP contribution in [0.2, 0.25) is 0 Å². The van der Waals surface area contributed by atoms with Crippen LogP contribution in [0.3, 0.4) is 0 Å². The molecule has 0 unspecified atom stereocenters. The lowest BCUT2D eigenvalue weighted by Crippen LogP contribution is -1.96. The molecule has 0 saturated heterocycles. The number of aromatic nitrogens is 1. The highest BCUT2D eigenvalue weighted by Crippen LogP contribution is 2.35. The van der Waals surface area contributed by atoms with E-state index in [4.69, 9.17) is 9.79 Å². The monoisotopic (exact) mass is 237 g/mol. The van der Waals surface area contributed by atoms with Gasteiger partial charge in [0.25, 0.3) is 0 Å². The topological polar surface area (TPSA) is 79.7 Å². The summed E-state index contributed by atoms with van der Waals surface area (Å²) in [7, 11) is -4.33. The van der Waals surface area contributed by atoms with Crippen LogP contribution in [0.1, 0.15) is 15.6 Å². The standard InChI is InChI=1S/C7H12NO4PS/c1-5-6(2)14-7(8-5)3-4-12-13(9,10)11/h3-4H2,1-2H3,(H2,9,10,11). The molecule has 14 heavy (non-hydrogen) atoms. The molecule has 2 N–H and O–H groups in total. The molecule has 0 fully saturated rings. The number of hydrogen-bond acceptors (Lipinski definition) is 4. The van der Waals surface area contributed by atoms with Crippen LogP contribution in [-0.2, 0) is 15.5 Å². The molecule has 0 amide bonds. The summed E-state index contributed by atoms with van der Waals surface area (Å²) in [5, 5.41) is 0.841. The first-order valence-corrected chi connectivity index (χ1v) is 6.36. The third kappa shape index (κ3) is 3.86. The van der Waals surface area contributed by atoms with Crippen molar-refractivity contribution in [2.45, 2.75) is 20.3 Å². The molecule has 0 saturated carbocycles. The maximum absolute atomic E-state index is 10.3. The molecule has 1 heterocycles. The molecule has 80 valence electrons. The van der Waals surface area contributed by atoms with E-state index in [2.05, 4.69) is 9.51 Å². The van der Waals surface area contributed by atoms with Gasteiger partial charge in [-0.15, -0.1) is 11.3 Å². The Labute approximate surface area is 86.0 Å². The Morgan fingerprint density at radius 2 is 2.14 bits per heavy atom. The van der Waals surface area contributed by atoms with Gasteiger partial charge in [0.2, 0.25) is 0 Å². The van der Waals surface area contributed by atoms with Crippen molar-refractivity contribution < 1.29 is 18.9 Å². The smallest absolute Gasteiger partial charge is 0.303 e. The fourth-order valence-electron chi connectivity index (χ4n) is 0.898. The number of phosphoric acid groups is 1. The first-order chi connectivity index (χ1) is 6.38. The van der Waals surface area contributed by atoms with E-state index in [9.17, 15) is 4.57 Å². The molecule has 1 aromatic heterocycles. The largest absolute Gasteiger partial charge is 0.469 e. The van der Waals surface area contributed by atoms with Crippen LogP contribution in [0.5, 0.6) is 0 Å². The fraction of sp³-hybridized carbons (Fsp3) is 0.571. The van der Waals surface area contributed by atoms with Crippen molar-refractivity contribution in [3.8, 4) is 0 Å². The van der Waals surface area contributed by atoms with Gasteiger partial charge in [0.05, 0.1) is 17.3 Å². The van der Waals surface area contributed by atoms with Gasteiger partial charge in [-0.05, 0) is 13.8 Å². The van der Waals surface area contributed by atoms with Crippen LogP contribution in [0, 0.1) is 13.8 Å². The molecule has 0 aliphatic heterocycles. The average Bonchev–Trinajstić information content (AvgIpc) is 2.28. The minimum absolute atomic E-state index is 0.00330. The molecule has 0 atom stereocenters. The van der Waals surface area contributed by atoms with Gasteiger partial charge < -0.3 is 9.79 Å². The molecular formula is C7H12NO4PS. The lowest BCUT2D eigenvalue weighted by Gasteiger charge is -2.02. The molecule has 0 aliphatic rings. The van der Waals surface area contributed by atoms with Crippen molar-refractivity contribution in [1.29, 1.82) is 0 Å². The summed E-state index contributed by atoms with van der Waals surface area (Å²) in [4.78, 5) is 22.2. The zero-order chi connectivity index (χ0) is 10.8. The van der Waals surface area contributed by atoms with Crippen molar-refractivity contribution in [1.82, 2.24) is 4.98 Å². The highest BCUT2D eigenvalue weighted by Gasteiger charge is 2.13. The highest BCUT2D eigenvalue weighted by atomic mass is 32.1. The molecule has 1 aromatic rings. The summed E-state index contributed by atoms with van der Waals surface area (Å²) in [6, 6.07) is 0. The van der Waals surface area contributed by atoms with E-state index in [1.165, 1.54) is 11.3 Å². The predicted octanol–water partition coefficient (Wildman–Crippen LogP) is 1.41. The number of aryl methyl sites for hydroxylation is 2. The van der Waals surface area contributed by atoms with Gasteiger partial charge in [0, 0.05) is 11.3 Å². The quantitative estimate of drug-likeness (QED) is 0.774. The van der Waals surface area contributed by atoms with Gasteiger partial charge in [-0.3, -0.25) is 4.52 Å². The van der Waals surface area contributed by atoms with Gasteiger partial charge >= 0.3 is 7.82 Å². The van der Waals surface area contributed by atoms with E-state index in [-0.39, 0.29) is 6.61 Å². The first kappa shape index (κ1) is 11.8. The number of hydrogen-bond donors (Lipinski definition) is 2.